The van der Waals surface area contributed by atoms with E-state index in [9.17, 15) is 0 Å². The van der Waals surface area contributed by atoms with Gasteiger partial charge in [0.15, 0.2) is 0 Å². The first-order chi connectivity index (χ1) is 17.7. The first kappa shape index (κ1) is 31.6. The summed E-state index contributed by atoms with van der Waals surface area (Å²) in [5.74, 6) is 0. The molecule has 0 N–H and O–H groups in total. The molecule has 38 heavy (non-hydrogen) atoms. The molecule has 192 valence electrons. The van der Waals surface area contributed by atoms with Gasteiger partial charge in [-0.05, 0) is 22.3 Å². The van der Waals surface area contributed by atoms with Gasteiger partial charge in [-0.3, -0.25) is 6.08 Å². The third-order valence-corrected chi connectivity index (χ3v) is 7.47. The molecule has 1 aliphatic carbocycles. The van der Waals surface area contributed by atoms with Gasteiger partial charge in [0.1, 0.15) is 0 Å². The molecule has 0 nitrogen and oxygen atoms in total. The summed E-state index contributed by atoms with van der Waals surface area (Å²) >= 11 is 2.19. The Bertz CT molecular complexity index is 1370. The quantitative estimate of drug-likeness (QED) is 0.227. The molecule has 6 rings (SSSR count). The molecule has 5 aromatic rings. The van der Waals surface area contributed by atoms with E-state index in [1.807, 2.05) is 12.2 Å². The van der Waals surface area contributed by atoms with Crippen molar-refractivity contribution in [2.75, 3.05) is 0 Å². The van der Waals surface area contributed by atoms with Gasteiger partial charge < -0.3 is 24.8 Å². The van der Waals surface area contributed by atoms with E-state index in [0.29, 0.717) is 0 Å². The van der Waals surface area contributed by atoms with Gasteiger partial charge in [0.2, 0.25) is 0 Å². The summed E-state index contributed by atoms with van der Waals surface area (Å²) in [6.07, 6.45) is 12.5. The second-order valence-corrected chi connectivity index (χ2v) is 9.90. The molecule has 1 aliphatic rings. The summed E-state index contributed by atoms with van der Waals surface area (Å²) in [5, 5.41) is 5.27. The molecule has 0 aliphatic heterocycles. The van der Waals surface area contributed by atoms with Gasteiger partial charge in [-0.25, -0.2) is 12.2 Å². The Morgan fingerprint density at radius 3 is 1.47 bits per heavy atom. The van der Waals surface area contributed by atoms with E-state index in [0.717, 1.165) is 6.42 Å². The fourth-order valence-electron chi connectivity index (χ4n) is 4.21. The van der Waals surface area contributed by atoms with E-state index in [4.69, 9.17) is 0 Å². The van der Waals surface area contributed by atoms with Crippen molar-refractivity contribution >= 4 is 25.4 Å². The van der Waals surface area contributed by atoms with Crippen LogP contribution in [0.5, 0.6) is 0 Å². The fourth-order valence-corrected chi connectivity index (χ4v) is 4.21. The van der Waals surface area contributed by atoms with E-state index < -0.39 is 0 Å². The Hall–Kier alpha value is -2.61. The molecule has 0 spiro atoms. The number of fused-ring (bicyclic) bond motifs is 3. The third kappa shape index (κ3) is 8.45. The molecule has 0 aromatic heterocycles. The molecule has 0 bridgehead atoms. The molecule has 5 aromatic carbocycles. The van der Waals surface area contributed by atoms with Crippen LogP contribution >= 0.6 is 0 Å². The van der Waals surface area contributed by atoms with Crippen molar-refractivity contribution in [3.63, 3.8) is 0 Å². The molecular formula is C35H32Cl2Ti-2. The predicted octanol–water partition coefficient (Wildman–Crippen LogP) is 3.89. The van der Waals surface area contributed by atoms with Gasteiger partial charge in [-0.15, -0.1) is 46.2 Å². The molecule has 0 radical (unpaired) electrons. The number of allylic oxidation sites excluding steroid dienone is 4. The topological polar surface area (TPSA) is 0 Å². The van der Waals surface area contributed by atoms with Crippen LogP contribution in [0, 0.1) is 6.08 Å². The minimum absolute atomic E-state index is 0. The zero-order chi connectivity index (χ0) is 25.2. The first-order valence-corrected chi connectivity index (χ1v) is 13.5. The van der Waals surface area contributed by atoms with Gasteiger partial charge in [0.05, 0.1) is 0 Å². The van der Waals surface area contributed by atoms with Gasteiger partial charge in [-0.2, -0.15) is 6.08 Å². The molecule has 0 heterocycles. The Morgan fingerprint density at radius 2 is 1.16 bits per heavy atom. The predicted molar refractivity (Wildman–Crippen MR) is 155 cm³/mol. The molecule has 0 atom stereocenters. The number of halogens is 2. The Kier molecular flexibility index (Phi) is 13.6. The average molecular weight is 571 g/mol. The van der Waals surface area contributed by atoms with Crippen molar-refractivity contribution in [3.8, 4) is 22.3 Å². The van der Waals surface area contributed by atoms with Crippen molar-refractivity contribution < 1.29 is 44.8 Å². The molecule has 0 fully saturated rings. The largest absolute Gasteiger partial charge is 1.00 e. The monoisotopic (exact) mass is 570 g/mol. The van der Waals surface area contributed by atoms with Gasteiger partial charge in [-0.1, -0.05) is 84.9 Å². The maximum atomic E-state index is 2.99. The van der Waals surface area contributed by atoms with Crippen LogP contribution in [0.25, 0.3) is 43.8 Å². The third-order valence-electron chi connectivity index (χ3n) is 6.36. The summed E-state index contributed by atoms with van der Waals surface area (Å²) in [7, 11) is 0. The molecular weight excluding hydrogens is 539 g/mol. The minimum Gasteiger partial charge on any atom is -1.00 e. The van der Waals surface area contributed by atoms with Crippen LogP contribution in [0.15, 0.2) is 121 Å². The van der Waals surface area contributed by atoms with Crippen LogP contribution in [-0.2, 0) is 20.0 Å². The smallest absolute Gasteiger partial charge is 0.0197 e. The maximum absolute atomic E-state index is 2.99. The number of hydrogen-bond donors (Lipinski definition) is 0. The molecule has 0 saturated heterocycles. The second-order valence-electron chi connectivity index (χ2n) is 8.79. The van der Waals surface area contributed by atoms with E-state index in [1.54, 1.807) is 3.81 Å². The van der Waals surface area contributed by atoms with E-state index in [-0.39, 0.29) is 24.8 Å². The van der Waals surface area contributed by atoms with Crippen LogP contribution in [-0.4, -0.2) is 3.81 Å². The van der Waals surface area contributed by atoms with Gasteiger partial charge in [0.25, 0.3) is 0 Å². The number of rotatable bonds is 4. The first-order valence-electron chi connectivity index (χ1n) is 12.7. The van der Waals surface area contributed by atoms with Crippen LogP contribution in [0.1, 0.15) is 33.1 Å². The molecule has 0 saturated carbocycles. The van der Waals surface area contributed by atoms with Crippen molar-refractivity contribution in [3.05, 3.63) is 127 Å². The van der Waals surface area contributed by atoms with E-state index in [2.05, 4.69) is 149 Å². The number of hydrogen-bond acceptors (Lipinski definition) is 0. The number of benzene rings is 4. The van der Waals surface area contributed by atoms with Crippen LogP contribution in [0.4, 0.5) is 0 Å². The van der Waals surface area contributed by atoms with Crippen molar-refractivity contribution in [1.82, 2.24) is 0 Å². The average Bonchev–Trinajstić information content (AvgIpc) is 3.65. The zero-order valence-corrected chi connectivity index (χ0v) is 25.0. The summed E-state index contributed by atoms with van der Waals surface area (Å²) in [6, 6.07) is 37.0. The normalized spacial score (nSPS) is 11.1. The summed E-state index contributed by atoms with van der Waals surface area (Å²) < 4.78 is 1.59. The van der Waals surface area contributed by atoms with Crippen molar-refractivity contribution in [2.45, 2.75) is 33.1 Å². The fraction of sp³-hybridized carbons (Fsp3) is 0.143. The Morgan fingerprint density at radius 1 is 0.684 bits per heavy atom. The summed E-state index contributed by atoms with van der Waals surface area (Å²) in [4.78, 5) is 0. The van der Waals surface area contributed by atoms with Crippen LogP contribution in [0.3, 0.4) is 0 Å². The van der Waals surface area contributed by atoms with Gasteiger partial charge in [0, 0.05) is 0 Å². The second kappa shape index (κ2) is 16.4. The molecule has 0 unspecified atom stereocenters. The standard InChI is InChI=1S/C25H17.C5H5.C5H10.2ClH.Ti/c1-3-7-18(8-4-1)20-11-13-22-15-23-14-12-21(17-25(23)24(22)16-20)19-9-5-2-6-10-19;1-2-4-5-3-1;1-3-5-4-2;;;/h1-17H;1-3H,4H2;3-4H2,1-2H3;2*1H;/q2*-1;;;;+2/p-2. The SMILES string of the molecule is CC[C](=[Ti+2])CC.[C-]1=CC=CC1.[Cl-].[Cl-].c1ccc(-c2ccc3[cH-]c4ccc(-c5ccccc5)cc4c3c2)cc1. The van der Waals surface area contributed by atoms with Crippen LogP contribution in [0.2, 0.25) is 0 Å². The Balaban J connectivity index is 0.000000330. The maximum Gasteiger partial charge on any atom is -0.0197 e. The minimum atomic E-state index is 0. The molecule has 3 heteroatoms. The Labute approximate surface area is 251 Å². The van der Waals surface area contributed by atoms with Crippen LogP contribution < -0.4 is 24.8 Å². The summed E-state index contributed by atoms with van der Waals surface area (Å²) in [6.45, 7) is 4.39. The summed E-state index contributed by atoms with van der Waals surface area (Å²) in [5.41, 5.74) is 5.06. The molecule has 0 amide bonds. The van der Waals surface area contributed by atoms with Crippen molar-refractivity contribution in [1.29, 1.82) is 0 Å². The van der Waals surface area contributed by atoms with Crippen molar-refractivity contribution in [2.24, 2.45) is 0 Å². The van der Waals surface area contributed by atoms with E-state index >= 15 is 0 Å². The van der Waals surface area contributed by atoms with Gasteiger partial charge >= 0.3 is 50.5 Å². The zero-order valence-electron chi connectivity index (χ0n) is 21.9. The van der Waals surface area contributed by atoms with E-state index in [1.165, 1.54) is 56.6 Å².